The van der Waals surface area contributed by atoms with Gasteiger partial charge in [-0.05, 0) is 24.3 Å². The molecule has 0 atom stereocenters. The first kappa shape index (κ1) is 16.5. The van der Waals surface area contributed by atoms with Crippen molar-refractivity contribution in [2.75, 3.05) is 0 Å². The van der Waals surface area contributed by atoms with E-state index in [2.05, 4.69) is 6.58 Å². The standard InChI is InChI=1S/C13H10O3.C3H5.Na/c14-12-9-5-4-8-11(12)13(15)16-10-6-2-1-3-7-10;1-3-2;/h1-9,14H;3H,1-2H2;. The van der Waals surface area contributed by atoms with Gasteiger partial charge in [0.2, 0.25) is 0 Å². The van der Waals surface area contributed by atoms with Gasteiger partial charge in [0.15, 0.2) is 0 Å². The van der Waals surface area contributed by atoms with Gasteiger partial charge in [0.25, 0.3) is 0 Å². The molecule has 3 nitrogen and oxygen atoms in total. The van der Waals surface area contributed by atoms with Gasteiger partial charge in [0, 0.05) is 0 Å². The summed E-state index contributed by atoms with van der Waals surface area (Å²) >= 11 is 1.27. The SMILES string of the molecule is C=C[CH2][Na].O=C(Oc1ccccc1)c1ccccc1O. The summed E-state index contributed by atoms with van der Waals surface area (Å²) in [5, 5.41) is 9.46. The van der Waals surface area contributed by atoms with Gasteiger partial charge >= 0.3 is 50.2 Å². The zero-order chi connectivity index (χ0) is 14.8. The van der Waals surface area contributed by atoms with E-state index in [4.69, 9.17) is 4.74 Å². The van der Waals surface area contributed by atoms with Crippen LogP contribution in [0.4, 0.5) is 0 Å². The maximum atomic E-state index is 11.7. The number of carbonyl (C=O) groups is 1. The summed E-state index contributed by atoms with van der Waals surface area (Å²) in [7, 11) is 0. The molecule has 2 rings (SSSR count). The summed E-state index contributed by atoms with van der Waals surface area (Å²) in [6.07, 6.45) is 1.94. The molecule has 0 aliphatic heterocycles. The molecule has 2 aromatic carbocycles. The molecule has 0 fully saturated rings. The molecule has 0 saturated carbocycles. The van der Waals surface area contributed by atoms with Crippen molar-refractivity contribution in [3.63, 3.8) is 0 Å². The predicted octanol–water partition coefficient (Wildman–Crippen LogP) is 3.37. The van der Waals surface area contributed by atoms with E-state index in [1.54, 1.807) is 36.4 Å². The number of esters is 1. The minimum atomic E-state index is -0.565. The van der Waals surface area contributed by atoms with E-state index in [0.717, 1.165) is 0 Å². The summed E-state index contributed by atoms with van der Waals surface area (Å²) in [6, 6.07) is 15.0. The van der Waals surface area contributed by atoms with Crippen molar-refractivity contribution < 1.29 is 14.6 Å². The van der Waals surface area contributed by atoms with Crippen LogP contribution in [0.15, 0.2) is 67.3 Å². The zero-order valence-electron chi connectivity index (χ0n) is 11.5. The van der Waals surface area contributed by atoms with Gasteiger partial charge in [0.05, 0.1) is 0 Å². The predicted molar refractivity (Wildman–Crippen MR) is 80.3 cm³/mol. The van der Waals surface area contributed by atoms with Gasteiger partial charge in [-0.15, -0.1) is 0 Å². The monoisotopic (exact) mass is 278 g/mol. The summed E-state index contributed by atoms with van der Waals surface area (Å²) in [4.78, 5) is 11.7. The average Bonchev–Trinajstić information content (AvgIpc) is 2.49. The molecule has 0 aliphatic carbocycles. The van der Waals surface area contributed by atoms with Crippen LogP contribution in [0, 0.1) is 0 Å². The Morgan fingerprint density at radius 1 is 1.15 bits per heavy atom. The summed E-state index contributed by atoms with van der Waals surface area (Å²) in [5.74, 6) is -0.191. The van der Waals surface area contributed by atoms with Crippen LogP contribution < -0.4 is 4.74 Å². The smallest absolute Gasteiger partial charge is 0.347 e. The molecule has 0 radical (unpaired) electrons. The Labute approximate surface area is 136 Å². The third kappa shape index (κ3) is 5.61. The van der Waals surface area contributed by atoms with Crippen LogP contribution in [-0.2, 0) is 0 Å². The minimum Gasteiger partial charge on any atom is -0.507 e. The number of allylic oxidation sites excluding steroid dienone is 1. The van der Waals surface area contributed by atoms with E-state index in [1.165, 1.54) is 43.7 Å². The molecule has 1 N–H and O–H groups in total. The van der Waals surface area contributed by atoms with E-state index in [1.807, 2.05) is 12.1 Å². The maximum absolute atomic E-state index is 11.7. The normalized spacial score (nSPS) is 9.10. The Kier molecular flexibility index (Phi) is 7.73. The zero-order valence-corrected chi connectivity index (χ0v) is 13.5. The topological polar surface area (TPSA) is 46.5 Å². The molecule has 0 bridgehead atoms. The van der Waals surface area contributed by atoms with Crippen LogP contribution in [0.1, 0.15) is 10.4 Å². The first-order valence-electron chi connectivity index (χ1n) is 6.35. The van der Waals surface area contributed by atoms with Gasteiger partial charge in [-0.2, -0.15) is 0 Å². The second kappa shape index (κ2) is 9.37. The van der Waals surface area contributed by atoms with Gasteiger partial charge in [-0.3, -0.25) is 0 Å². The van der Waals surface area contributed by atoms with Crippen LogP contribution in [0.2, 0.25) is 3.67 Å². The van der Waals surface area contributed by atoms with Crippen molar-refractivity contribution in [3.8, 4) is 11.5 Å². The molecular weight excluding hydrogens is 263 g/mol. The fourth-order valence-electron chi connectivity index (χ4n) is 1.30. The fourth-order valence-corrected chi connectivity index (χ4v) is 1.30. The number of rotatable bonds is 3. The molecule has 98 valence electrons. The van der Waals surface area contributed by atoms with Crippen LogP contribution in [-0.4, -0.2) is 39.0 Å². The molecule has 0 unspecified atom stereocenters. The Hall–Kier alpha value is -1.55. The van der Waals surface area contributed by atoms with E-state index in [0.29, 0.717) is 5.75 Å². The first-order chi connectivity index (χ1) is 9.69. The third-order valence-electron chi connectivity index (χ3n) is 2.37. The quantitative estimate of drug-likeness (QED) is 0.405. The second-order valence-corrected chi connectivity index (χ2v) is 4.73. The largest absolute Gasteiger partial charge is 0.507 e. The number of benzene rings is 2. The van der Waals surface area contributed by atoms with Gasteiger partial charge < -0.3 is 9.84 Å². The average molecular weight is 278 g/mol. The molecule has 20 heavy (non-hydrogen) atoms. The number of para-hydroxylation sites is 2. The molecule has 0 heterocycles. The second-order valence-electron chi connectivity index (χ2n) is 3.92. The molecule has 0 aliphatic rings. The number of phenolic OH excluding ortho intramolecular Hbond substituents is 1. The number of phenols is 1. The van der Waals surface area contributed by atoms with Crippen molar-refractivity contribution in [1.29, 1.82) is 0 Å². The van der Waals surface area contributed by atoms with Crippen molar-refractivity contribution in [2.24, 2.45) is 0 Å². The van der Waals surface area contributed by atoms with Crippen LogP contribution in [0.3, 0.4) is 0 Å². The van der Waals surface area contributed by atoms with Crippen molar-refractivity contribution >= 4 is 33.9 Å². The number of carbonyl (C=O) groups excluding carboxylic acids is 1. The Balaban J connectivity index is 0.000000444. The third-order valence-corrected chi connectivity index (χ3v) is 2.94. The molecule has 0 saturated heterocycles. The molecule has 0 spiro atoms. The van der Waals surface area contributed by atoms with Gasteiger partial charge in [-0.25, -0.2) is 4.79 Å². The Morgan fingerprint density at radius 2 is 1.70 bits per heavy atom. The number of hydrogen-bond acceptors (Lipinski definition) is 3. The van der Waals surface area contributed by atoms with E-state index in [9.17, 15) is 9.90 Å². The van der Waals surface area contributed by atoms with Crippen molar-refractivity contribution in [2.45, 2.75) is 3.67 Å². The summed E-state index contributed by atoms with van der Waals surface area (Å²) in [5.41, 5.74) is 0.159. The van der Waals surface area contributed by atoms with Gasteiger partial charge in [0.1, 0.15) is 17.1 Å². The van der Waals surface area contributed by atoms with E-state index >= 15 is 0 Å². The van der Waals surface area contributed by atoms with Crippen molar-refractivity contribution in [1.82, 2.24) is 0 Å². The van der Waals surface area contributed by atoms with Crippen LogP contribution in [0.5, 0.6) is 11.5 Å². The van der Waals surface area contributed by atoms with E-state index < -0.39 is 5.97 Å². The van der Waals surface area contributed by atoms with Crippen LogP contribution >= 0.6 is 0 Å². The molecule has 2 aromatic rings. The summed E-state index contributed by atoms with van der Waals surface area (Å²) in [6.45, 7) is 3.51. The minimum absolute atomic E-state index is 0.0802. The van der Waals surface area contributed by atoms with Crippen molar-refractivity contribution in [3.05, 3.63) is 72.8 Å². The number of hydrogen-bond donors (Lipinski definition) is 1. The number of aromatic hydroxyl groups is 1. The van der Waals surface area contributed by atoms with Gasteiger partial charge in [-0.1, -0.05) is 30.3 Å². The summed E-state index contributed by atoms with van der Waals surface area (Å²) < 4.78 is 6.30. The molecule has 4 heteroatoms. The molecule has 0 aromatic heterocycles. The maximum Gasteiger partial charge on any atom is 0.347 e. The number of ether oxygens (including phenoxy) is 1. The fraction of sp³-hybridized carbons (Fsp3) is 0.0625. The Morgan fingerprint density at radius 3 is 2.25 bits per heavy atom. The molecular formula is C16H15NaO3. The molecule has 0 amide bonds. The van der Waals surface area contributed by atoms with Crippen LogP contribution in [0.25, 0.3) is 0 Å². The van der Waals surface area contributed by atoms with E-state index in [-0.39, 0.29) is 11.3 Å². The Bertz CT molecular complexity index is 553. The first-order valence-corrected chi connectivity index (χ1v) is 7.76.